The van der Waals surface area contributed by atoms with Crippen molar-refractivity contribution in [3.8, 4) is 0 Å². The summed E-state index contributed by atoms with van der Waals surface area (Å²) in [5.74, 6) is 0. The lowest BCUT2D eigenvalue weighted by atomic mass is 9.92. The quantitative estimate of drug-likeness (QED) is 0.782. The zero-order valence-corrected chi connectivity index (χ0v) is 10.2. The molecule has 2 rings (SSSR count). The van der Waals surface area contributed by atoms with E-state index in [0.29, 0.717) is 10.7 Å². The second kappa shape index (κ2) is 4.52. The summed E-state index contributed by atoms with van der Waals surface area (Å²) >= 11 is 6.14. The van der Waals surface area contributed by atoms with Crippen molar-refractivity contribution in [2.75, 3.05) is 24.3 Å². The van der Waals surface area contributed by atoms with Crippen molar-refractivity contribution in [2.24, 2.45) is 0 Å². The summed E-state index contributed by atoms with van der Waals surface area (Å²) in [5, 5.41) is 4.16. The molecular weight excluding hydrogens is 224 g/mol. The molecule has 0 aliphatic carbocycles. The number of rotatable bonds is 2. The van der Waals surface area contributed by atoms with E-state index in [1.807, 2.05) is 12.1 Å². The van der Waals surface area contributed by atoms with Gasteiger partial charge >= 0.3 is 0 Å². The first-order valence-corrected chi connectivity index (χ1v) is 5.88. The lowest BCUT2D eigenvalue weighted by molar-refractivity contribution is 0.0658. The van der Waals surface area contributed by atoms with E-state index in [9.17, 15) is 0 Å². The Labute approximate surface area is 101 Å². The highest BCUT2D eigenvalue weighted by Gasteiger charge is 2.27. The van der Waals surface area contributed by atoms with Crippen LogP contribution in [-0.2, 0) is 4.74 Å². The zero-order chi connectivity index (χ0) is 11.6. The highest BCUT2D eigenvalue weighted by Crippen LogP contribution is 2.30. The van der Waals surface area contributed by atoms with Crippen LogP contribution in [0.25, 0.3) is 0 Å². The van der Waals surface area contributed by atoms with Gasteiger partial charge in [0.25, 0.3) is 0 Å². The largest absolute Gasteiger partial charge is 0.399 e. The Hall–Kier alpha value is -0.930. The molecule has 16 heavy (non-hydrogen) atoms. The first-order valence-electron chi connectivity index (χ1n) is 5.50. The lowest BCUT2D eigenvalue weighted by Crippen LogP contribution is -2.40. The maximum atomic E-state index is 6.14. The van der Waals surface area contributed by atoms with Gasteiger partial charge in [-0.2, -0.15) is 0 Å². The first-order chi connectivity index (χ1) is 7.59. The number of halogens is 1. The van der Waals surface area contributed by atoms with Gasteiger partial charge in [-0.05, 0) is 38.0 Å². The topological polar surface area (TPSA) is 47.3 Å². The Balaban J connectivity index is 2.13. The minimum Gasteiger partial charge on any atom is -0.399 e. The van der Waals surface area contributed by atoms with E-state index in [1.165, 1.54) is 0 Å². The molecule has 1 fully saturated rings. The second-order valence-electron chi connectivity index (χ2n) is 4.54. The van der Waals surface area contributed by atoms with Gasteiger partial charge < -0.3 is 15.8 Å². The number of ether oxygens (including phenoxy) is 1. The fourth-order valence-electron chi connectivity index (χ4n) is 1.90. The number of nitrogen functional groups attached to an aromatic ring is 1. The van der Waals surface area contributed by atoms with Gasteiger partial charge in [-0.1, -0.05) is 11.6 Å². The van der Waals surface area contributed by atoms with E-state index in [-0.39, 0.29) is 5.54 Å². The monoisotopic (exact) mass is 240 g/mol. The number of benzene rings is 1. The van der Waals surface area contributed by atoms with E-state index in [4.69, 9.17) is 22.1 Å². The maximum Gasteiger partial charge on any atom is 0.0658 e. The third-order valence-electron chi connectivity index (χ3n) is 3.03. The molecule has 1 aliphatic rings. The Morgan fingerprint density at radius 2 is 2.06 bits per heavy atom. The van der Waals surface area contributed by atoms with E-state index in [1.54, 1.807) is 6.07 Å². The molecule has 1 aromatic rings. The average Bonchev–Trinajstić information content (AvgIpc) is 2.23. The van der Waals surface area contributed by atoms with Crippen LogP contribution in [0.4, 0.5) is 11.4 Å². The minimum absolute atomic E-state index is 0.0675. The SMILES string of the molecule is CC1(Nc2ccc(N)cc2Cl)CCOCC1. The van der Waals surface area contributed by atoms with E-state index >= 15 is 0 Å². The molecule has 1 saturated heterocycles. The summed E-state index contributed by atoms with van der Waals surface area (Å²) in [7, 11) is 0. The Kier molecular flexibility index (Phi) is 3.26. The maximum absolute atomic E-state index is 6.14. The molecule has 0 atom stereocenters. The van der Waals surface area contributed by atoms with Crippen LogP contribution in [0, 0.1) is 0 Å². The molecule has 0 aromatic heterocycles. The van der Waals surface area contributed by atoms with Crippen molar-refractivity contribution in [1.29, 1.82) is 0 Å². The molecular formula is C12H17ClN2O. The van der Waals surface area contributed by atoms with Gasteiger partial charge in [0.15, 0.2) is 0 Å². The second-order valence-corrected chi connectivity index (χ2v) is 4.94. The van der Waals surface area contributed by atoms with Crippen molar-refractivity contribution < 1.29 is 4.74 Å². The summed E-state index contributed by atoms with van der Waals surface area (Å²) < 4.78 is 5.36. The number of hydrogen-bond donors (Lipinski definition) is 2. The predicted molar refractivity (Wildman–Crippen MR) is 67.9 cm³/mol. The van der Waals surface area contributed by atoms with Crippen LogP contribution < -0.4 is 11.1 Å². The van der Waals surface area contributed by atoms with Crippen LogP contribution in [0.3, 0.4) is 0 Å². The van der Waals surface area contributed by atoms with Gasteiger partial charge in [0, 0.05) is 24.4 Å². The number of hydrogen-bond acceptors (Lipinski definition) is 3. The van der Waals surface area contributed by atoms with E-state index < -0.39 is 0 Å². The average molecular weight is 241 g/mol. The van der Waals surface area contributed by atoms with Gasteiger partial charge in [0.1, 0.15) is 0 Å². The highest BCUT2D eigenvalue weighted by atomic mass is 35.5. The van der Waals surface area contributed by atoms with Crippen LogP contribution >= 0.6 is 11.6 Å². The lowest BCUT2D eigenvalue weighted by Gasteiger charge is -2.35. The zero-order valence-electron chi connectivity index (χ0n) is 9.42. The van der Waals surface area contributed by atoms with Crippen molar-refractivity contribution in [3.05, 3.63) is 23.2 Å². The Morgan fingerprint density at radius 3 is 2.69 bits per heavy atom. The molecule has 1 heterocycles. The van der Waals surface area contributed by atoms with Crippen molar-refractivity contribution in [2.45, 2.75) is 25.3 Å². The van der Waals surface area contributed by atoms with Crippen molar-refractivity contribution in [3.63, 3.8) is 0 Å². The fourth-order valence-corrected chi connectivity index (χ4v) is 2.14. The van der Waals surface area contributed by atoms with Crippen LogP contribution in [0.15, 0.2) is 18.2 Å². The fraction of sp³-hybridized carbons (Fsp3) is 0.500. The minimum atomic E-state index is 0.0675. The normalized spacial score (nSPS) is 19.4. The number of nitrogens with one attached hydrogen (secondary N) is 1. The van der Waals surface area contributed by atoms with Crippen LogP contribution in [0.2, 0.25) is 5.02 Å². The Bertz CT molecular complexity index is 375. The van der Waals surface area contributed by atoms with Gasteiger partial charge in [-0.15, -0.1) is 0 Å². The molecule has 0 radical (unpaired) electrons. The molecule has 3 nitrogen and oxygen atoms in total. The molecule has 88 valence electrons. The van der Waals surface area contributed by atoms with Crippen molar-refractivity contribution >= 4 is 23.0 Å². The number of anilines is 2. The first kappa shape index (κ1) is 11.6. The third kappa shape index (κ3) is 2.60. The third-order valence-corrected chi connectivity index (χ3v) is 3.34. The summed E-state index contributed by atoms with van der Waals surface area (Å²) in [6, 6.07) is 5.56. The standard InChI is InChI=1S/C12H17ClN2O/c1-12(4-6-16-7-5-12)15-11-3-2-9(14)8-10(11)13/h2-3,8,15H,4-7,14H2,1H3. The molecule has 0 unspecified atom stereocenters. The molecule has 0 bridgehead atoms. The van der Waals surface area contributed by atoms with Crippen molar-refractivity contribution in [1.82, 2.24) is 0 Å². The summed E-state index contributed by atoms with van der Waals surface area (Å²) in [6.07, 6.45) is 1.99. The molecule has 0 saturated carbocycles. The van der Waals surface area contributed by atoms with Gasteiger partial charge in [0.2, 0.25) is 0 Å². The van der Waals surface area contributed by atoms with Crippen LogP contribution in [0.5, 0.6) is 0 Å². The molecule has 3 N–H and O–H groups in total. The van der Waals surface area contributed by atoms with E-state index in [0.717, 1.165) is 31.7 Å². The molecule has 1 aromatic carbocycles. The smallest absolute Gasteiger partial charge is 0.0658 e. The van der Waals surface area contributed by atoms with Crippen LogP contribution in [-0.4, -0.2) is 18.8 Å². The van der Waals surface area contributed by atoms with Gasteiger partial charge in [-0.25, -0.2) is 0 Å². The molecule has 0 spiro atoms. The molecule has 4 heteroatoms. The molecule has 0 amide bonds. The summed E-state index contributed by atoms with van der Waals surface area (Å²) in [4.78, 5) is 0. The van der Waals surface area contributed by atoms with Crippen LogP contribution in [0.1, 0.15) is 19.8 Å². The van der Waals surface area contributed by atoms with Gasteiger partial charge in [0.05, 0.1) is 10.7 Å². The predicted octanol–water partition coefficient (Wildman–Crippen LogP) is 2.90. The summed E-state index contributed by atoms with van der Waals surface area (Å²) in [5.41, 5.74) is 7.36. The summed E-state index contributed by atoms with van der Waals surface area (Å²) in [6.45, 7) is 3.80. The van der Waals surface area contributed by atoms with E-state index in [2.05, 4.69) is 12.2 Å². The Morgan fingerprint density at radius 1 is 1.38 bits per heavy atom. The molecule has 1 aliphatic heterocycles. The van der Waals surface area contributed by atoms with Gasteiger partial charge in [-0.3, -0.25) is 0 Å². The number of nitrogens with two attached hydrogens (primary N) is 1. The highest BCUT2D eigenvalue weighted by molar-refractivity contribution is 6.33.